The molecule has 0 fully saturated rings. The molecule has 0 radical (unpaired) electrons. The minimum Gasteiger partial charge on any atom is -0.459 e. The van der Waals surface area contributed by atoms with Gasteiger partial charge in [0.05, 0.1) is 17.4 Å². The van der Waals surface area contributed by atoms with Crippen molar-refractivity contribution in [2.24, 2.45) is 5.92 Å². The number of carbonyl (C=O) groups excluding carboxylic acids is 2. The summed E-state index contributed by atoms with van der Waals surface area (Å²) in [5, 5.41) is 12.8. The molecule has 2 aromatic rings. The van der Waals surface area contributed by atoms with E-state index >= 15 is 0 Å². The number of benzene rings is 2. The van der Waals surface area contributed by atoms with E-state index in [9.17, 15) is 18.8 Å². The quantitative estimate of drug-likeness (QED) is 0.452. The first-order valence-electron chi connectivity index (χ1n) is 11.0. The lowest BCUT2D eigenvalue weighted by atomic mass is 9.75. The van der Waals surface area contributed by atoms with Gasteiger partial charge < -0.3 is 19.7 Å². The van der Waals surface area contributed by atoms with Gasteiger partial charge in [0.2, 0.25) is 0 Å². The number of esters is 1. The second-order valence-corrected chi connectivity index (χ2v) is 10.8. The Balaban J connectivity index is 1.66. The van der Waals surface area contributed by atoms with Gasteiger partial charge in [0, 0.05) is 15.7 Å². The van der Waals surface area contributed by atoms with E-state index in [1.807, 2.05) is 27.7 Å². The third-order valence-corrected chi connectivity index (χ3v) is 7.26. The van der Waals surface area contributed by atoms with Crippen molar-refractivity contribution in [1.82, 2.24) is 5.32 Å². The van der Waals surface area contributed by atoms with Gasteiger partial charge in [-0.05, 0) is 53.2 Å². The fourth-order valence-electron chi connectivity index (χ4n) is 3.71. The lowest BCUT2D eigenvalue weighted by molar-refractivity contribution is -0.148. The van der Waals surface area contributed by atoms with Crippen LogP contribution >= 0.6 is 0 Å². The van der Waals surface area contributed by atoms with E-state index in [4.69, 9.17) is 9.39 Å². The van der Waals surface area contributed by atoms with Gasteiger partial charge in [-0.15, -0.1) is 0 Å². The molecule has 0 bridgehead atoms. The van der Waals surface area contributed by atoms with E-state index in [0.29, 0.717) is 23.2 Å². The van der Waals surface area contributed by atoms with Crippen LogP contribution in [-0.2, 0) is 38.2 Å². The zero-order valence-electron chi connectivity index (χ0n) is 19.6. The number of nitrogens with one attached hydrogen (secondary N) is 1. The molecule has 1 aliphatic rings. The van der Waals surface area contributed by atoms with Crippen LogP contribution in [0.15, 0.2) is 41.3 Å². The maximum Gasteiger partial charge on any atom is 0.492 e. The van der Waals surface area contributed by atoms with Gasteiger partial charge in [0.25, 0.3) is 5.91 Å². The average Bonchev–Trinajstić information content (AvgIpc) is 3.17. The van der Waals surface area contributed by atoms with E-state index in [-0.39, 0.29) is 17.8 Å². The third-order valence-electron chi connectivity index (χ3n) is 5.67. The SMILES string of the molecule is Cc1c(C(=O)N[C@H](C(=O)OCc2ccc(S(=O)C(C)C)cc2)C(C)C)ccc2c1B(O)OC2. The van der Waals surface area contributed by atoms with Gasteiger partial charge >= 0.3 is 13.1 Å². The van der Waals surface area contributed by atoms with E-state index in [1.165, 1.54) is 0 Å². The summed E-state index contributed by atoms with van der Waals surface area (Å²) in [7, 11) is -2.13. The fraction of sp³-hybridized carbons (Fsp3) is 0.417. The van der Waals surface area contributed by atoms with Gasteiger partial charge in [-0.1, -0.05) is 45.9 Å². The number of hydrogen-bond acceptors (Lipinski definition) is 6. The van der Waals surface area contributed by atoms with Crippen LogP contribution in [0.25, 0.3) is 0 Å². The van der Waals surface area contributed by atoms with Crippen LogP contribution in [-0.4, -0.2) is 39.5 Å². The third kappa shape index (κ3) is 5.72. The van der Waals surface area contributed by atoms with Crippen LogP contribution in [0.3, 0.4) is 0 Å². The number of fused-ring (bicyclic) bond motifs is 1. The highest BCUT2D eigenvalue weighted by Gasteiger charge is 2.32. The first-order chi connectivity index (χ1) is 15.6. The second kappa shape index (κ2) is 10.6. The lowest BCUT2D eigenvalue weighted by Gasteiger charge is -2.22. The molecule has 7 nitrogen and oxygen atoms in total. The summed E-state index contributed by atoms with van der Waals surface area (Å²) in [6.07, 6.45) is 0. The van der Waals surface area contributed by atoms with Crippen LogP contribution in [0.2, 0.25) is 0 Å². The van der Waals surface area contributed by atoms with Crippen molar-refractivity contribution in [3.05, 3.63) is 58.7 Å². The number of ether oxygens (including phenoxy) is 1. The Bertz CT molecular complexity index is 1050. The molecule has 3 rings (SSSR count). The van der Waals surface area contributed by atoms with Gasteiger partial charge in [0.1, 0.15) is 12.6 Å². The highest BCUT2D eigenvalue weighted by Crippen LogP contribution is 2.18. The van der Waals surface area contributed by atoms with Gasteiger partial charge in [-0.2, -0.15) is 0 Å². The van der Waals surface area contributed by atoms with Crippen molar-refractivity contribution < 1.29 is 28.2 Å². The molecule has 2 aromatic carbocycles. The molecular formula is C24H30BNO6S. The predicted octanol–water partition coefficient (Wildman–Crippen LogP) is 2.23. The molecular weight excluding hydrogens is 441 g/mol. The van der Waals surface area contributed by atoms with Crippen molar-refractivity contribution in [3.63, 3.8) is 0 Å². The maximum absolute atomic E-state index is 13.0. The molecule has 1 unspecified atom stereocenters. The molecule has 33 heavy (non-hydrogen) atoms. The Hall–Kier alpha value is -2.49. The summed E-state index contributed by atoms with van der Waals surface area (Å²) in [6.45, 7) is 9.55. The minimum absolute atomic E-state index is 0.0224. The molecule has 0 saturated heterocycles. The monoisotopic (exact) mass is 471 g/mol. The Labute approximate surface area is 197 Å². The Morgan fingerprint density at radius 1 is 1.15 bits per heavy atom. The highest BCUT2D eigenvalue weighted by molar-refractivity contribution is 7.85. The predicted molar refractivity (Wildman–Crippen MR) is 127 cm³/mol. The number of rotatable bonds is 8. The van der Waals surface area contributed by atoms with Crippen molar-refractivity contribution in [3.8, 4) is 0 Å². The lowest BCUT2D eigenvalue weighted by Crippen LogP contribution is -2.46. The first kappa shape index (κ1) is 25.1. The van der Waals surface area contributed by atoms with E-state index in [2.05, 4.69) is 5.32 Å². The van der Waals surface area contributed by atoms with Crippen LogP contribution in [0.5, 0.6) is 0 Å². The maximum atomic E-state index is 13.0. The first-order valence-corrected chi connectivity index (χ1v) is 12.2. The van der Waals surface area contributed by atoms with Crippen LogP contribution in [0.4, 0.5) is 0 Å². The summed E-state index contributed by atoms with van der Waals surface area (Å²) in [6, 6.07) is 9.72. The summed E-state index contributed by atoms with van der Waals surface area (Å²) in [5.74, 6) is -1.14. The average molecular weight is 471 g/mol. The number of amides is 1. The summed E-state index contributed by atoms with van der Waals surface area (Å²) in [5.41, 5.74) is 3.23. The molecule has 2 atom stereocenters. The van der Waals surface area contributed by atoms with Crippen molar-refractivity contribution in [1.29, 1.82) is 0 Å². The largest absolute Gasteiger partial charge is 0.492 e. The molecule has 9 heteroatoms. The molecule has 0 aliphatic carbocycles. The standard InChI is InChI=1S/C24H30BNO6S/c1-14(2)22(24(28)31-12-17-6-9-19(10-7-17)33(30)15(3)4)26-23(27)20-11-8-18-13-32-25(29)21(18)16(20)5/h6-11,14-15,22,29H,12-13H2,1-5H3,(H,26,27)/t22-,33?/m0/s1. The smallest absolute Gasteiger partial charge is 0.459 e. The van der Waals surface area contributed by atoms with E-state index in [0.717, 1.165) is 16.0 Å². The van der Waals surface area contributed by atoms with Crippen molar-refractivity contribution in [2.75, 3.05) is 0 Å². The molecule has 176 valence electrons. The Morgan fingerprint density at radius 3 is 2.42 bits per heavy atom. The molecule has 1 amide bonds. The molecule has 0 spiro atoms. The molecule has 0 aromatic heterocycles. The van der Waals surface area contributed by atoms with Gasteiger partial charge in [0.15, 0.2) is 0 Å². The van der Waals surface area contributed by atoms with Gasteiger partial charge in [-0.3, -0.25) is 9.00 Å². The van der Waals surface area contributed by atoms with Crippen LogP contribution in [0, 0.1) is 12.8 Å². The zero-order valence-corrected chi connectivity index (χ0v) is 20.4. The summed E-state index contributed by atoms with van der Waals surface area (Å²) < 4.78 is 22.9. The Morgan fingerprint density at radius 2 is 1.82 bits per heavy atom. The molecule has 1 aliphatic heterocycles. The second-order valence-electron chi connectivity index (χ2n) is 8.77. The van der Waals surface area contributed by atoms with E-state index < -0.39 is 35.8 Å². The van der Waals surface area contributed by atoms with E-state index in [1.54, 1.807) is 43.3 Å². The minimum atomic E-state index is -1.08. The molecule has 2 N–H and O–H groups in total. The highest BCUT2D eigenvalue weighted by atomic mass is 32.2. The number of hydrogen-bond donors (Lipinski definition) is 2. The van der Waals surface area contributed by atoms with Gasteiger partial charge in [-0.25, -0.2) is 4.79 Å². The molecule has 1 heterocycles. The van der Waals surface area contributed by atoms with Crippen molar-refractivity contribution in [2.45, 2.75) is 64.0 Å². The topological polar surface area (TPSA) is 102 Å². The number of carbonyl (C=O) groups is 2. The fourth-order valence-corrected chi connectivity index (χ4v) is 4.65. The zero-order chi connectivity index (χ0) is 24.3. The van der Waals surface area contributed by atoms with Crippen LogP contribution < -0.4 is 10.8 Å². The van der Waals surface area contributed by atoms with Crippen molar-refractivity contribution >= 4 is 35.3 Å². The van der Waals surface area contributed by atoms with Crippen LogP contribution in [0.1, 0.15) is 54.7 Å². The molecule has 0 saturated carbocycles. The summed E-state index contributed by atoms with van der Waals surface area (Å²) in [4.78, 5) is 26.4. The Kier molecular flexibility index (Phi) is 8.10. The summed E-state index contributed by atoms with van der Waals surface area (Å²) >= 11 is 0. The normalized spacial score (nSPS) is 14.8.